The molecular weight excluding hydrogens is 310 g/mol. The molecule has 1 aliphatic heterocycles. The van der Waals surface area contributed by atoms with Gasteiger partial charge >= 0.3 is 0 Å². The molecule has 0 saturated carbocycles. The number of aliphatic hydroxyl groups excluding tert-OH is 1. The molecule has 104 valence electrons. The Kier molecular flexibility index (Phi) is 4.79. The van der Waals surface area contributed by atoms with Crippen LogP contribution in [0.4, 0.5) is 11.4 Å². The number of nitrogen functional groups attached to an aromatic ring is 1. The summed E-state index contributed by atoms with van der Waals surface area (Å²) < 4.78 is 0.774. The lowest BCUT2D eigenvalue weighted by molar-refractivity contribution is -0.117. The van der Waals surface area contributed by atoms with Crippen molar-refractivity contribution in [2.45, 2.75) is 6.42 Å². The van der Waals surface area contributed by atoms with Crippen LogP contribution in [0.15, 0.2) is 22.7 Å². The number of anilines is 2. The zero-order valence-electron chi connectivity index (χ0n) is 10.6. The maximum absolute atomic E-state index is 11.9. The first-order chi connectivity index (χ1) is 9.08. The second-order valence-electron chi connectivity index (χ2n) is 4.86. The number of benzene rings is 1. The number of aliphatic hydroxyl groups is 1. The number of hydrogen-bond acceptors (Lipinski definition) is 4. The van der Waals surface area contributed by atoms with Gasteiger partial charge in [-0.1, -0.05) is 0 Å². The molecule has 6 heteroatoms. The summed E-state index contributed by atoms with van der Waals surface area (Å²) in [6.45, 7) is 2.20. The van der Waals surface area contributed by atoms with Gasteiger partial charge < -0.3 is 16.2 Å². The Morgan fingerprint density at radius 3 is 3.00 bits per heavy atom. The number of carbonyl (C=O) groups excluding carboxylic acids is 1. The predicted molar refractivity (Wildman–Crippen MR) is 78.8 cm³/mol. The maximum atomic E-state index is 11.9. The SMILES string of the molecule is Nc1ccc(NC(=O)CN2CCC(CO)C2)c(Br)c1. The first-order valence-electron chi connectivity index (χ1n) is 6.26. The quantitative estimate of drug-likeness (QED) is 0.728. The predicted octanol–water partition coefficient (Wildman–Crippen LogP) is 1.28. The highest BCUT2D eigenvalue weighted by Crippen LogP contribution is 2.24. The lowest BCUT2D eigenvalue weighted by Gasteiger charge is -2.15. The van der Waals surface area contributed by atoms with Crippen LogP contribution >= 0.6 is 15.9 Å². The van der Waals surface area contributed by atoms with Crippen molar-refractivity contribution in [3.63, 3.8) is 0 Å². The van der Waals surface area contributed by atoms with Crippen LogP contribution in [0.2, 0.25) is 0 Å². The molecule has 1 fully saturated rings. The molecule has 0 bridgehead atoms. The largest absolute Gasteiger partial charge is 0.399 e. The summed E-state index contributed by atoms with van der Waals surface area (Å²) in [5.74, 6) is 0.250. The van der Waals surface area contributed by atoms with E-state index < -0.39 is 0 Å². The van der Waals surface area contributed by atoms with E-state index in [2.05, 4.69) is 26.1 Å². The fourth-order valence-electron chi connectivity index (χ4n) is 2.23. The van der Waals surface area contributed by atoms with E-state index in [1.807, 2.05) is 0 Å². The van der Waals surface area contributed by atoms with Gasteiger partial charge in [-0.25, -0.2) is 0 Å². The van der Waals surface area contributed by atoms with Gasteiger partial charge in [0.05, 0.1) is 12.2 Å². The van der Waals surface area contributed by atoms with Crippen molar-refractivity contribution >= 4 is 33.2 Å². The van der Waals surface area contributed by atoms with Crippen LogP contribution in [0.3, 0.4) is 0 Å². The summed E-state index contributed by atoms with van der Waals surface area (Å²) in [7, 11) is 0. The third-order valence-electron chi connectivity index (χ3n) is 3.26. The second kappa shape index (κ2) is 6.36. The van der Waals surface area contributed by atoms with Crippen molar-refractivity contribution in [3.8, 4) is 0 Å². The molecule has 1 aromatic rings. The van der Waals surface area contributed by atoms with Gasteiger partial charge in [0, 0.05) is 23.3 Å². The van der Waals surface area contributed by atoms with Crippen LogP contribution < -0.4 is 11.1 Å². The van der Waals surface area contributed by atoms with E-state index in [0.29, 0.717) is 18.2 Å². The van der Waals surface area contributed by atoms with E-state index >= 15 is 0 Å². The summed E-state index contributed by atoms with van der Waals surface area (Å²) in [5.41, 5.74) is 7.01. The lowest BCUT2D eigenvalue weighted by atomic mass is 10.1. The van der Waals surface area contributed by atoms with E-state index in [1.165, 1.54) is 0 Å². The third kappa shape index (κ3) is 3.92. The number of nitrogens with zero attached hydrogens (tertiary/aromatic N) is 1. The molecule has 1 aromatic carbocycles. The van der Waals surface area contributed by atoms with Gasteiger partial charge in [0.25, 0.3) is 0 Å². The number of hydrogen-bond donors (Lipinski definition) is 3. The minimum absolute atomic E-state index is 0.0518. The summed E-state index contributed by atoms with van der Waals surface area (Å²) in [4.78, 5) is 14.0. The van der Waals surface area contributed by atoms with Gasteiger partial charge in [0.2, 0.25) is 5.91 Å². The molecule has 5 nitrogen and oxygen atoms in total. The highest BCUT2D eigenvalue weighted by molar-refractivity contribution is 9.10. The van der Waals surface area contributed by atoms with E-state index in [0.717, 1.165) is 29.7 Å². The Morgan fingerprint density at radius 2 is 2.37 bits per heavy atom. The van der Waals surface area contributed by atoms with Gasteiger partial charge in [-0.15, -0.1) is 0 Å². The Labute approximate surface area is 120 Å². The molecule has 0 aliphatic carbocycles. The fourth-order valence-corrected chi connectivity index (χ4v) is 2.73. The van der Waals surface area contributed by atoms with Crippen molar-refractivity contribution < 1.29 is 9.90 Å². The van der Waals surface area contributed by atoms with Crippen LogP contribution in [0.25, 0.3) is 0 Å². The molecule has 1 aliphatic rings. The molecule has 4 N–H and O–H groups in total. The average Bonchev–Trinajstić information content (AvgIpc) is 2.80. The number of nitrogens with two attached hydrogens (primary N) is 1. The summed E-state index contributed by atoms with van der Waals surface area (Å²) >= 11 is 3.37. The molecule has 0 radical (unpaired) electrons. The molecule has 1 unspecified atom stereocenters. The van der Waals surface area contributed by atoms with E-state index in [4.69, 9.17) is 10.8 Å². The van der Waals surface area contributed by atoms with Crippen LogP contribution in [0.5, 0.6) is 0 Å². The molecule has 0 aromatic heterocycles. The number of rotatable bonds is 4. The summed E-state index contributed by atoms with van der Waals surface area (Å²) in [6.07, 6.45) is 0.954. The van der Waals surface area contributed by atoms with Gasteiger partial charge in [0.1, 0.15) is 0 Å². The van der Waals surface area contributed by atoms with Crippen molar-refractivity contribution in [1.82, 2.24) is 4.90 Å². The standard InChI is InChI=1S/C13H18BrN3O2/c14-11-5-10(15)1-2-12(11)16-13(19)7-17-4-3-9(6-17)8-18/h1-2,5,9,18H,3-4,6-8,15H2,(H,16,19). The van der Waals surface area contributed by atoms with E-state index in [1.54, 1.807) is 18.2 Å². The number of nitrogens with one attached hydrogen (secondary N) is 1. The van der Waals surface area contributed by atoms with E-state index in [-0.39, 0.29) is 12.5 Å². The first-order valence-corrected chi connectivity index (χ1v) is 7.06. The summed E-state index contributed by atoms with van der Waals surface area (Å²) in [5, 5.41) is 11.9. The van der Waals surface area contributed by atoms with Crippen LogP contribution in [0.1, 0.15) is 6.42 Å². The summed E-state index contributed by atoms with van der Waals surface area (Å²) in [6, 6.07) is 5.28. The van der Waals surface area contributed by atoms with E-state index in [9.17, 15) is 4.79 Å². The van der Waals surface area contributed by atoms with Crippen LogP contribution in [-0.4, -0.2) is 42.2 Å². The van der Waals surface area contributed by atoms with Crippen molar-refractivity contribution in [3.05, 3.63) is 22.7 Å². The van der Waals surface area contributed by atoms with Crippen LogP contribution in [0, 0.1) is 5.92 Å². The van der Waals surface area contributed by atoms with Crippen molar-refractivity contribution in [2.75, 3.05) is 37.3 Å². The molecule has 0 spiro atoms. The Hall–Kier alpha value is -1.11. The normalized spacial score (nSPS) is 19.6. The molecule has 2 rings (SSSR count). The molecule has 1 atom stereocenters. The van der Waals surface area contributed by atoms with Crippen molar-refractivity contribution in [1.29, 1.82) is 0 Å². The minimum Gasteiger partial charge on any atom is -0.399 e. The van der Waals surface area contributed by atoms with Gasteiger partial charge in [-0.05, 0) is 53.0 Å². The smallest absolute Gasteiger partial charge is 0.238 e. The van der Waals surface area contributed by atoms with Gasteiger partial charge in [0.15, 0.2) is 0 Å². The zero-order valence-corrected chi connectivity index (χ0v) is 12.2. The topological polar surface area (TPSA) is 78.6 Å². The first kappa shape index (κ1) is 14.3. The van der Waals surface area contributed by atoms with Crippen molar-refractivity contribution in [2.24, 2.45) is 5.92 Å². The number of amides is 1. The fraction of sp³-hybridized carbons (Fsp3) is 0.462. The molecular formula is C13H18BrN3O2. The number of halogens is 1. The lowest BCUT2D eigenvalue weighted by Crippen LogP contribution is -2.32. The second-order valence-corrected chi connectivity index (χ2v) is 5.71. The Morgan fingerprint density at radius 1 is 1.58 bits per heavy atom. The Balaban J connectivity index is 1.87. The molecule has 19 heavy (non-hydrogen) atoms. The third-order valence-corrected chi connectivity index (χ3v) is 3.92. The molecule has 1 amide bonds. The average molecular weight is 328 g/mol. The highest BCUT2D eigenvalue weighted by Gasteiger charge is 2.23. The highest BCUT2D eigenvalue weighted by atomic mass is 79.9. The minimum atomic E-state index is -0.0518. The zero-order chi connectivity index (χ0) is 13.8. The maximum Gasteiger partial charge on any atom is 0.238 e. The molecule has 1 saturated heterocycles. The monoisotopic (exact) mass is 327 g/mol. The van der Waals surface area contributed by atoms with Gasteiger partial charge in [-0.2, -0.15) is 0 Å². The van der Waals surface area contributed by atoms with Gasteiger partial charge in [-0.3, -0.25) is 9.69 Å². The number of carbonyl (C=O) groups is 1. The van der Waals surface area contributed by atoms with Crippen LogP contribution in [-0.2, 0) is 4.79 Å². The molecule has 1 heterocycles. The Bertz CT molecular complexity index is 467. The number of likely N-dealkylation sites (tertiary alicyclic amines) is 1.